The Balaban J connectivity index is 1.80. The molecule has 6 heteroatoms. The summed E-state index contributed by atoms with van der Waals surface area (Å²) in [6.07, 6.45) is 4.33. The van der Waals surface area contributed by atoms with Crippen LogP contribution < -0.4 is 0 Å². The lowest BCUT2D eigenvalue weighted by molar-refractivity contribution is -0.145. The van der Waals surface area contributed by atoms with E-state index in [0.717, 1.165) is 11.8 Å². The summed E-state index contributed by atoms with van der Waals surface area (Å²) in [4.78, 5) is 23.0. The first-order valence-electron chi connectivity index (χ1n) is 7.45. The van der Waals surface area contributed by atoms with Crippen molar-refractivity contribution >= 4 is 12.3 Å². The van der Waals surface area contributed by atoms with Crippen molar-refractivity contribution in [3.8, 4) is 11.5 Å². The Morgan fingerprint density at radius 2 is 2.13 bits per heavy atom. The summed E-state index contributed by atoms with van der Waals surface area (Å²) < 4.78 is 10.4. The quantitative estimate of drug-likeness (QED) is 0.473. The molecular formula is C17H20O6. The Hall–Kier alpha value is -2.50. The molecule has 1 aromatic rings. The SMILES string of the molecule is C[C@@H]1OC=C[C@@H](CC(=O)OCCc2ccc(O)c(O)c2)[C@@H]1C=O. The van der Waals surface area contributed by atoms with E-state index in [-0.39, 0.29) is 48.4 Å². The summed E-state index contributed by atoms with van der Waals surface area (Å²) in [5.41, 5.74) is 0.749. The molecule has 3 atom stereocenters. The zero-order valence-electron chi connectivity index (χ0n) is 12.8. The fraction of sp³-hybridized carbons (Fsp3) is 0.412. The number of rotatable bonds is 6. The third-order valence-corrected chi connectivity index (χ3v) is 3.91. The van der Waals surface area contributed by atoms with E-state index in [9.17, 15) is 19.8 Å². The number of esters is 1. The van der Waals surface area contributed by atoms with Crippen LogP contribution in [-0.2, 0) is 25.5 Å². The van der Waals surface area contributed by atoms with Gasteiger partial charge in [-0.2, -0.15) is 0 Å². The van der Waals surface area contributed by atoms with Crippen molar-refractivity contribution in [2.45, 2.75) is 25.9 Å². The molecule has 0 bridgehead atoms. The lowest BCUT2D eigenvalue weighted by atomic mass is 9.85. The molecule has 0 aromatic heterocycles. The van der Waals surface area contributed by atoms with Gasteiger partial charge in [0.05, 0.1) is 25.2 Å². The van der Waals surface area contributed by atoms with Gasteiger partial charge < -0.3 is 24.5 Å². The molecule has 0 saturated heterocycles. The number of phenolic OH excluding ortho intramolecular Hbond substituents is 2. The third-order valence-electron chi connectivity index (χ3n) is 3.91. The molecule has 124 valence electrons. The number of aldehydes is 1. The molecule has 0 fully saturated rings. The highest BCUT2D eigenvalue weighted by Gasteiger charge is 2.30. The molecule has 0 saturated carbocycles. The van der Waals surface area contributed by atoms with E-state index in [1.165, 1.54) is 18.4 Å². The van der Waals surface area contributed by atoms with E-state index in [1.807, 2.05) is 0 Å². The summed E-state index contributed by atoms with van der Waals surface area (Å²) in [7, 11) is 0. The Bertz CT molecular complexity index is 595. The first-order valence-corrected chi connectivity index (χ1v) is 7.45. The van der Waals surface area contributed by atoms with Gasteiger partial charge >= 0.3 is 5.97 Å². The largest absolute Gasteiger partial charge is 0.504 e. The van der Waals surface area contributed by atoms with Crippen LogP contribution in [0, 0.1) is 11.8 Å². The van der Waals surface area contributed by atoms with E-state index < -0.39 is 0 Å². The van der Waals surface area contributed by atoms with Crippen molar-refractivity contribution < 1.29 is 29.3 Å². The maximum absolute atomic E-state index is 11.9. The average Bonchev–Trinajstić information content (AvgIpc) is 2.51. The van der Waals surface area contributed by atoms with E-state index in [4.69, 9.17) is 9.47 Å². The van der Waals surface area contributed by atoms with Gasteiger partial charge in [0.15, 0.2) is 11.5 Å². The van der Waals surface area contributed by atoms with Crippen LogP contribution >= 0.6 is 0 Å². The minimum atomic E-state index is -0.386. The second kappa shape index (κ2) is 7.67. The summed E-state index contributed by atoms with van der Waals surface area (Å²) >= 11 is 0. The van der Waals surface area contributed by atoms with Gasteiger partial charge in [-0.3, -0.25) is 4.79 Å². The molecule has 0 amide bonds. The fourth-order valence-electron chi connectivity index (χ4n) is 2.51. The van der Waals surface area contributed by atoms with Crippen molar-refractivity contribution in [3.63, 3.8) is 0 Å². The second-order valence-corrected chi connectivity index (χ2v) is 5.54. The molecule has 2 N–H and O–H groups in total. The predicted octanol–water partition coefficient (Wildman–Crippen LogP) is 1.94. The van der Waals surface area contributed by atoms with Crippen molar-refractivity contribution in [3.05, 3.63) is 36.1 Å². The Kier molecular flexibility index (Phi) is 5.62. The number of hydrogen-bond acceptors (Lipinski definition) is 6. The van der Waals surface area contributed by atoms with Gasteiger partial charge in [-0.05, 0) is 30.7 Å². The third kappa shape index (κ3) is 4.48. The van der Waals surface area contributed by atoms with Crippen LogP contribution in [-0.4, -0.2) is 35.2 Å². The van der Waals surface area contributed by atoms with Crippen LogP contribution in [0.3, 0.4) is 0 Å². The highest BCUT2D eigenvalue weighted by molar-refractivity contribution is 5.71. The first-order chi connectivity index (χ1) is 11.0. The first kappa shape index (κ1) is 16.9. The molecular weight excluding hydrogens is 300 g/mol. The molecule has 6 nitrogen and oxygen atoms in total. The molecule has 0 radical (unpaired) electrons. The standard InChI is InChI=1S/C17H20O6/c1-11-14(10-18)13(5-7-22-11)9-17(21)23-6-4-12-2-3-15(19)16(20)8-12/h2-3,5,7-8,10-11,13-14,19-20H,4,6,9H2,1H3/t11-,13-,14+/m0/s1. The van der Waals surface area contributed by atoms with Crippen molar-refractivity contribution in [2.24, 2.45) is 11.8 Å². The number of carbonyl (C=O) groups excluding carboxylic acids is 2. The Morgan fingerprint density at radius 1 is 1.35 bits per heavy atom. The van der Waals surface area contributed by atoms with Gasteiger partial charge in [0, 0.05) is 12.3 Å². The summed E-state index contributed by atoms with van der Waals surface area (Å²) in [6.45, 7) is 1.95. The lowest BCUT2D eigenvalue weighted by Gasteiger charge is -2.28. The van der Waals surface area contributed by atoms with Crippen LogP contribution in [0.15, 0.2) is 30.5 Å². The van der Waals surface area contributed by atoms with Crippen LogP contribution in [0.4, 0.5) is 0 Å². The van der Waals surface area contributed by atoms with Crippen LogP contribution in [0.2, 0.25) is 0 Å². The minimum Gasteiger partial charge on any atom is -0.504 e. The van der Waals surface area contributed by atoms with Crippen molar-refractivity contribution in [2.75, 3.05) is 6.61 Å². The van der Waals surface area contributed by atoms with E-state index in [1.54, 1.807) is 19.1 Å². The van der Waals surface area contributed by atoms with Gasteiger partial charge in [-0.1, -0.05) is 6.07 Å². The van der Waals surface area contributed by atoms with Gasteiger partial charge in [-0.25, -0.2) is 0 Å². The maximum Gasteiger partial charge on any atom is 0.306 e. The van der Waals surface area contributed by atoms with E-state index in [0.29, 0.717) is 6.42 Å². The minimum absolute atomic E-state index is 0.119. The number of benzene rings is 1. The molecule has 23 heavy (non-hydrogen) atoms. The zero-order valence-corrected chi connectivity index (χ0v) is 12.8. The molecule has 1 aliphatic rings. The number of ether oxygens (including phenoxy) is 2. The summed E-state index contributed by atoms with van der Waals surface area (Å²) in [5.74, 6) is -1.36. The lowest BCUT2D eigenvalue weighted by Crippen LogP contribution is -2.32. The van der Waals surface area contributed by atoms with Crippen LogP contribution in [0.5, 0.6) is 11.5 Å². The molecule has 1 heterocycles. The summed E-state index contributed by atoms with van der Waals surface area (Å²) in [5, 5.41) is 18.6. The molecule has 1 aliphatic heterocycles. The molecule has 0 aliphatic carbocycles. The number of hydrogen-bond donors (Lipinski definition) is 2. The van der Waals surface area contributed by atoms with Gasteiger partial charge in [-0.15, -0.1) is 0 Å². The number of phenols is 2. The van der Waals surface area contributed by atoms with E-state index >= 15 is 0 Å². The molecule has 0 unspecified atom stereocenters. The maximum atomic E-state index is 11.9. The Morgan fingerprint density at radius 3 is 2.83 bits per heavy atom. The summed E-state index contributed by atoms with van der Waals surface area (Å²) in [6, 6.07) is 4.46. The van der Waals surface area contributed by atoms with Gasteiger partial charge in [0.2, 0.25) is 0 Å². The number of aromatic hydroxyl groups is 2. The highest BCUT2D eigenvalue weighted by Crippen LogP contribution is 2.27. The topological polar surface area (TPSA) is 93.1 Å². The van der Waals surface area contributed by atoms with Gasteiger partial charge in [0.25, 0.3) is 0 Å². The predicted molar refractivity (Wildman–Crippen MR) is 81.8 cm³/mol. The Labute approximate surface area is 134 Å². The van der Waals surface area contributed by atoms with Gasteiger partial charge in [0.1, 0.15) is 12.4 Å². The monoisotopic (exact) mass is 320 g/mol. The average molecular weight is 320 g/mol. The van der Waals surface area contributed by atoms with E-state index in [2.05, 4.69) is 0 Å². The van der Waals surface area contributed by atoms with Crippen molar-refractivity contribution in [1.29, 1.82) is 0 Å². The fourth-order valence-corrected chi connectivity index (χ4v) is 2.51. The normalized spacial score (nSPS) is 23.1. The second-order valence-electron chi connectivity index (χ2n) is 5.54. The molecule has 1 aromatic carbocycles. The molecule has 2 rings (SSSR count). The number of carbonyl (C=O) groups is 2. The zero-order chi connectivity index (χ0) is 16.8. The smallest absolute Gasteiger partial charge is 0.306 e. The number of allylic oxidation sites excluding steroid dienone is 1. The van der Waals surface area contributed by atoms with Crippen LogP contribution in [0.25, 0.3) is 0 Å². The van der Waals surface area contributed by atoms with Crippen molar-refractivity contribution in [1.82, 2.24) is 0 Å². The molecule has 0 spiro atoms. The highest BCUT2D eigenvalue weighted by atomic mass is 16.5. The van der Waals surface area contributed by atoms with Crippen LogP contribution in [0.1, 0.15) is 18.9 Å².